The van der Waals surface area contributed by atoms with E-state index in [0.717, 1.165) is 40.6 Å². The Balaban J connectivity index is 1.35. The van der Waals surface area contributed by atoms with Crippen LogP contribution >= 0.6 is 0 Å². The fourth-order valence-electron chi connectivity index (χ4n) is 5.83. The predicted molar refractivity (Wildman–Crippen MR) is 166 cm³/mol. The minimum atomic E-state index is -0.761. The average Bonchev–Trinajstić information content (AvgIpc) is 3.44. The van der Waals surface area contributed by atoms with Crippen LogP contribution in [0.15, 0.2) is 85.1 Å². The zero-order valence-corrected chi connectivity index (χ0v) is 24.4. The van der Waals surface area contributed by atoms with Crippen LogP contribution < -0.4 is 10.6 Å². The molecule has 1 aromatic heterocycles. The first-order chi connectivity index (χ1) is 19.8. The molecular formula is C34H41N5O2. The molecule has 1 aliphatic heterocycles. The van der Waals surface area contributed by atoms with E-state index in [4.69, 9.17) is 0 Å². The predicted octanol–water partition coefficient (Wildman–Crippen LogP) is 6.49. The summed E-state index contributed by atoms with van der Waals surface area (Å²) < 4.78 is 0. The van der Waals surface area contributed by atoms with Gasteiger partial charge in [-0.3, -0.25) is 4.79 Å². The molecule has 214 valence electrons. The standard InChI is InChI=1S/C34H41N5O2/c1-23(30-22-35-31-16-9-8-15-29(30)31)32(33(40)36-28-14-10-13-27(21-28)24(2)38(3)4)37-34(41)39-19-17-26(18-20-39)25-11-6-5-7-12-25/h5-16,21-24,26,32,35H,17-20H2,1-4H3,(H,36,40)(H,37,41)/t23-,24?,32+/m0/s1. The number of aromatic nitrogens is 1. The Morgan fingerprint density at radius 3 is 2.37 bits per heavy atom. The molecule has 1 unspecified atom stereocenters. The van der Waals surface area contributed by atoms with Crippen LogP contribution in [0.4, 0.5) is 10.5 Å². The van der Waals surface area contributed by atoms with Crippen LogP contribution in [0.25, 0.3) is 10.9 Å². The number of fused-ring (bicyclic) bond motifs is 1. The van der Waals surface area contributed by atoms with Crippen LogP contribution in [0, 0.1) is 0 Å². The summed E-state index contributed by atoms with van der Waals surface area (Å²) in [4.78, 5) is 34.8. The van der Waals surface area contributed by atoms with Crippen LogP contribution in [0.3, 0.4) is 0 Å². The molecule has 7 heteroatoms. The number of likely N-dealkylation sites (tertiary alicyclic amines) is 1. The van der Waals surface area contributed by atoms with Crippen LogP contribution in [-0.4, -0.2) is 59.9 Å². The number of piperidine rings is 1. The molecule has 1 aliphatic rings. The zero-order chi connectivity index (χ0) is 28.9. The number of H-pyrrole nitrogens is 1. The summed E-state index contributed by atoms with van der Waals surface area (Å²) in [7, 11) is 4.07. The normalized spacial score (nSPS) is 16.4. The molecule has 1 saturated heterocycles. The zero-order valence-electron chi connectivity index (χ0n) is 24.4. The number of amides is 3. The Kier molecular flexibility index (Phi) is 8.74. The van der Waals surface area contributed by atoms with Gasteiger partial charge >= 0.3 is 6.03 Å². The number of anilines is 1. The molecule has 0 radical (unpaired) electrons. The number of hydrogen-bond acceptors (Lipinski definition) is 3. The summed E-state index contributed by atoms with van der Waals surface area (Å²) in [6.45, 7) is 5.45. The lowest BCUT2D eigenvalue weighted by Gasteiger charge is -2.34. The van der Waals surface area contributed by atoms with E-state index in [-0.39, 0.29) is 23.9 Å². The average molecular weight is 552 g/mol. The molecule has 3 amide bonds. The molecule has 0 bridgehead atoms. The van der Waals surface area contributed by atoms with E-state index in [9.17, 15) is 9.59 Å². The lowest BCUT2D eigenvalue weighted by molar-refractivity contribution is -0.118. The van der Waals surface area contributed by atoms with Crippen molar-refractivity contribution in [1.82, 2.24) is 20.1 Å². The summed E-state index contributed by atoms with van der Waals surface area (Å²) >= 11 is 0. The van der Waals surface area contributed by atoms with Gasteiger partial charge in [-0.25, -0.2) is 4.79 Å². The molecule has 4 aromatic rings. The van der Waals surface area contributed by atoms with E-state index in [1.165, 1.54) is 5.56 Å². The number of carbonyl (C=O) groups excluding carboxylic acids is 2. The van der Waals surface area contributed by atoms with Gasteiger partial charge in [0, 0.05) is 47.8 Å². The Hall–Kier alpha value is -4.10. The molecular weight excluding hydrogens is 510 g/mol. The third-order valence-corrected chi connectivity index (χ3v) is 8.64. The van der Waals surface area contributed by atoms with E-state index < -0.39 is 6.04 Å². The number of para-hydroxylation sites is 1. The van der Waals surface area contributed by atoms with Gasteiger partial charge in [0.2, 0.25) is 5.91 Å². The molecule has 3 aromatic carbocycles. The first kappa shape index (κ1) is 28.4. The van der Waals surface area contributed by atoms with Crippen molar-refractivity contribution in [2.24, 2.45) is 0 Å². The Labute approximate surface area is 242 Å². The van der Waals surface area contributed by atoms with Crippen molar-refractivity contribution in [1.29, 1.82) is 0 Å². The number of rotatable bonds is 8. The Morgan fingerprint density at radius 2 is 1.63 bits per heavy atom. The van der Waals surface area contributed by atoms with E-state index >= 15 is 0 Å². The highest BCUT2D eigenvalue weighted by atomic mass is 16.2. The minimum Gasteiger partial charge on any atom is -0.361 e. The second kappa shape index (κ2) is 12.6. The maximum atomic E-state index is 13.9. The third kappa shape index (κ3) is 6.46. The fraction of sp³-hybridized carbons (Fsp3) is 0.353. The van der Waals surface area contributed by atoms with Gasteiger partial charge < -0.3 is 25.4 Å². The fourth-order valence-corrected chi connectivity index (χ4v) is 5.83. The highest BCUT2D eigenvalue weighted by Crippen LogP contribution is 2.30. The number of aromatic amines is 1. The molecule has 3 N–H and O–H groups in total. The van der Waals surface area contributed by atoms with Crippen molar-refractivity contribution < 1.29 is 9.59 Å². The Morgan fingerprint density at radius 1 is 0.927 bits per heavy atom. The SMILES string of the molecule is CC(c1cccc(NC(=O)[C@H](NC(=O)N2CCC(c3ccccc3)CC2)[C@@H](C)c2c[nH]c3ccccc23)c1)N(C)C. The molecule has 41 heavy (non-hydrogen) atoms. The number of urea groups is 1. The number of nitrogens with zero attached hydrogens (tertiary/aromatic N) is 2. The summed E-state index contributed by atoms with van der Waals surface area (Å²) in [5, 5.41) is 7.28. The van der Waals surface area contributed by atoms with Gasteiger partial charge in [0.25, 0.3) is 0 Å². The smallest absolute Gasteiger partial charge is 0.318 e. The molecule has 3 atom stereocenters. The van der Waals surface area contributed by atoms with Crippen molar-refractivity contribution in [2.75, 3.05) is 32.5 Å². The molecule has 0 aliphatic carbocycles. The minimum absolute atomic E-state index is 0.196. The summed E-state index contributed by atoms with van der Waals surface area (Å²) in [5.74, 6) is -0.0490. The molecule has 0 saturated carbocycles. The molecule has 2 heterocycles. The number of benzene rings is 3. The van der Waals surface area contributed by atoms with Gasteiger partial charge in [0.15, 0.2) is 0 Å². The first-order valence-electron chi connectivity index (χ1n) is 14.6. The molecule has 0 spiro atoms. The maximum Gasteiger partial charge on any atom is 0.318 e. The van der Waals surface area contributed by atoms with E-state index in [0.29, 0.717) is 19.0 Å². The van der Waals surface area contributed by atoms with Crippen molar-refractivity contribution >= 4 is 28.5 Å². The van der Waals surface area contributed by atoms with Crippen molar-refractivity contribution in [3.63, 3.8) is 0 Å². The van der Waals surface area contributed by atoms with Crippen LogP contribution in [0.5, 0.6) is 0 Å². The number of carbonyl (C=O) groups is 2. The third-order valence-electron chi connectivity index (χ3n) is 8.64. The van der Waals surface area contributed by atoms with Gasteiger partial charge in [-0.1, -0.05) is 67.6 Å². The number of nitrogens with one attached hydrogen (secondary N) is 3. The lowest BCUT2D eigenvalue weighted by Crippen LogP contribution is -2.53. The molecule has 1 fully saturated rings. The second-order valence-electron chi connectivity index (χ2n) is 11.4. The van der Waals surface area contributed by atoms with Gasteiger partial charge in [-0.15, -0.1) is 0 Å². The summed E-state index contributed by atoms with van der Waals surface area (Å²) in [6, 6.07) is 25.7. The van der Waals surface area contributed by atoms with Crippen LogP contribution in [0.2, 0.25) is 0 Å². The second-order valence-corrected chi connectivity index (χ2v) is 11.4. The maximum absolute atomic E-state index is 13.9. The molecule has 7 nitrogen and oxygen atoms in total. The van der Waals surface area contributed by atoms with Gasteiger partial charge in [0.05, 0.1) is 0 Å². The molecule has 5 rings (SSSR count). The quantitative estimate of drug-likeness (QED) is 0.234. The van der Waals surface area contributed by atoms with Crippen molar-refractivity contribution in [3.8, 4) is 0 Å². The van der Waals surface area contributed by atoms with Crippen molar-refractivity contribution in [3.05, 3.63) is 102 Å². The van der Waals surface area contributed by atoms with Crippen molar-refractivity contribution in [2.45, 2.75) is 50.6 Å². The first-order valence-corrected chi connectivity index (χ1v) is 14.6. The monoisotopic (exact) mass is 551 g/mol. The van der Waals surface area contributed by atoms with Gasteiger partial charge in [-0.2, -0.15) is 0 Å². The topological polar surface area (TPSA) is 80.5 Å². The van der Waals surface area contributed by atoms with Gasteiger partial charge in [-0.05, 0) is 74.7 Å². The van der Waals surface area contributed by atoms with E-state index in [1.807, 2.05) is 74.6 Å². The Bertz CT molecular complexity index is 1470. The largest absolute Gasteiger partial charge is 0.361 e. The van der Waals surface area contributed by atoms with Gasteiger partial charge in [0.1, 0.15) is 6.04 Å². The van der Waals surface area contributed by atoms with Crippen LogP contribution in [-0.2, 0) is 4.79 Å². The van der Waals surface area contributed by atoms with Crippen LogP contribution in [0.1, 0.15) is 61.3 Å². The summed E-state index contributed by atoms with van der Waals surface area (Å²) in [6.07, 6.45) is 3.76. The highest BCUT2D eigenvalue weighted by Gasteiger charge is 2.32. The van der Waals surface area contributed by atoms with E-state index in [1.54, 1.807) is 0 Å². The number of hydrogen-bond donors (Lipinski definition) is 3. The highest BCUT2D eigenvalue weighted by molar-refractivity contribution is 5.98. The van der Waals surface area contributed by atoms with E-state index in [2.05, 4.69) is 63.8 Å². The lowest BCUT2D eigenvalue weighted by atomic mass is 9.89. The summed E-state index contributed by atoms with van der Waals surface area (Å²) in [5.41, 5.74) is 5.16.